The lowest BCUT2D eigenvalue weighted by Crippen LogP contribution is -2.31. The summed E-state index contributed by atoms with van der Waals surface area (Å²) in [6.45, 7) is 3.79. The van der Waals surface area contributed by atoms with Gasteiger partial charge in [0.15, 0.2) is 0 Å². The predicted octanol–water partition coefficient (Wildman–Crippen LogP) is 4.28. The molecule has 1 aromatic carbocycles. The van der Waals surface area contributed by atoms with Crippen LogP contribution in [0, 0.1) is 17.2 Å². The molecule has 1 aromatic rings. The average Bonchev–Trinajstić information content (AvgIpc) is 2.34. The number of benzene rings is 1. The quantitative estimate of drug-likeness (QED) is 0.883. The van der Waals surface area contributed by atoms with E-state index in [-0.39, 0.29) is 18.8 Å². The maximum atomic E-state index is 10.8. The van der Waals surface area contributed by atoms with Crippen molar-refractivity contribution >= 4 is 29.2 Å². The summed E-state index contributed by atoms with van der Waals surface area (Å²) in [5, 5.41) is 19.2. The highest BCUT2D eigenvalue weighted by atomic mass is 35.5. The molecule has 0 aliphatic carbocycles. The van der Waals surface area contributed by atoms with Crippen molar-refractivity contribution in [2.45, 2.75) is 32.1 Å². The van der Waals surface area contributed by atoms with Crippen molar-refractivity contribution in [2.24, 2.45) is 5.92 Å². The number of carboxylic acid groups (broad SMARTS) is 1. The van der Waals surface area contributed by atoms with E-state index in [1.807, 2.05) is 13.8 Å². The van der Waals surface area contributed by atoms with Crippen LogP contribution in [0.25, 0.3) is 0 Å². The largest absolute Gasteiger partial charge is 0.481 e. The van der Waals surface area contributed by atoms with Crippen LogP contribution in [0.3, 0.4) is 0 Å². The molecule has 0 radical (unpaired) electrons. The van der Waals surface area contributed by atoms with Gasteiger partial charge in [-0.2, -0.15) is 5.26 Å². The van der Waals surface area contributed by atoms with Crippen molar-refractivity contribution in [3.05, 3.63) is 33.8 Å². The van der Waals surface area contributed by atoms with Crippen molar-refractivity contribution in [1.29, 1.82) is 5.26 Å². The Kier molecular flexibility index (Phi) is 5.22. The van der Waals surface area contributed by atoms with Crippen molar-refractivity contribution < 1.29 is 9.90 Å². The summed E-state index contributed by atoms with van der Waals surface area (Å²) in [6.07, 6.45) is 0.181. The number of aliphatic carboxylic acids is 1. The number of hydrogen-bond donors (Lipinski definition) is 1. The molecule has 1 unspecified atom stereocenters. The fourth-order valence-corrected chi connectivity index (χ4v) is 2.39. The minimum atomic E-state index is -0.916. The molecule has 0 aromatic heterocycles. The number of nitrogens with zero attached hydrogens (tertiary/aromatic N) is 1. The van der Waals surface area contributed by atoms with Gasteiger partial charge >= 0.3 is 5.97 Å². The summed E-state index contributed by atoms with van der Waals surface area (Å²) in [6, 6.07) is 7.28. The van der Waals surface area contributed by atoms with Crippen LogP contribution in [0.1, 0.15) is 32.3 Å². The zero-order valence-corrected chi connectivity index (χ0v) is 12.3. The number of carboxylic acids is 1. The lowest BCUT2D eigenvalue weighted by molar-refractivity contribution is -0.137. The zero-order chi connectivity index (χ0) is 14.6. The molecular weight excluding hydrogens is 285 g/mol. The highest BCUT2D eigenvalue weighted by Gasteiger charge is 2.36. The first-order chi connectivity index (χ1) is 8.83. The molecule has 102 valence electrons. The third-order valence-corrected chi connectivity index (χ3v) is 4.09. The van der Waals surface area contributed by atoms with Gasteiger partial charge in [-0.3, -0.25) is 4.79 Å². The van der Waals surface area contributed by atoms with Gasteiger partial charge in [-0.1, -0.05) is 43.1 Å². The summed E-state index contributed by atoms with van der Waals surface area (Å²) in [5.41, 5.74) is -0.159. The van der Waals surface area contributed by atoms with E-state index >= 15 is 0 Å². The van der Waals surface area contributed by atoms with Gasteiger partial charge in [0.1, 0.15) is 0 Å². The van der Waals surface area contributed by atoms with Gasteiger partial charge in [-0.05, 0) is 30.0 Å². The molecule has 1 N–H and O–H groups in total. The summed E-state index contributed by atoms with van der Waals surface area (Å²) in [5.74, 6) is -0.950. The van der Waals surface area contributed by atoms with Crippen molar-refractivity contribution in [3.63, 3.8) is 0 Å². The minimum Gasteiger partial charge on any atom is -0.481 e. The van der Waals surface area contributed by atoms with Crippen LogP contribution >= 0.6 is 23.2 Å². The molecule has 0 aliphatic heterocycles. The second kappa shape index (κ2) is 6.27. The fourth-order valence-electron chi connectivity index (χ4n) is 2.09. The van der Waals surface area contributed by atoms with Crippen LogP contribution in [0.5, 0.6) is 0 Å². The lowest BCUT2D eigenvalue weighted by Gasteiger charge is -2.31. The van der Waals surface area contributed by atoms with Gasteiger partial charge < -0.3 is 5.11 Å². The molecular formula is C14H15Cl2NO2. The summed E-state index contributed by atoms with van der Waals surface area (Å²) >= 11 is 11.9. The van der Waals surface area contributed by atoms with Crippen molar-refractivity contribution in [2.75, 3.05) is 0 Å². The molecule has 3 nitrogen and oxygen atoms in total. The Balaban J connectivity index is 3.26. The fraction of sp³-hybridized carbons (Fsp3) is 0.429. The topological polar surface area (TPSA) is 61.1 Å². The van der Waals surface area contributed by atoms with E-state index in [9.17, 15) is 10.1 Å². The molecule has 0 saturated heterocycles. The van der Waals surface area contributed by atoms with E-state index in [0.717, 1.165) is 0 Å². The van der Waals surface area contributed by atoms with Crippen LogP contribution in [0.2, 0.25) is 10.0 Å². The maximum Gasteiger partial charge on any atom is 0.303 e. The van der Waals surface area contributed by atoms with Crippen LogP contribution in [0.15, 0.2) is 18.2 Å². The Morgan fingerprint density at radius 3 is 2.47 bits per heavy atom. The Bertz CT molecular complexity index is 523. The SMILES string of the molecule is CC(C)C(C#N)(CCC(=O)O)c1ccc(Cl)c(Cl)c1. The Labute approximate surface area is 122 Å². The molecule has 0 fully saturated rings. The highest BCUT2D eigenvalue weighted by Crippen LogP contribution is 2.38. The molecule has 0 amide bonds. The molecule has 0 saturated carbocycles. The van der Waals surface area contributed by atoms with Crippen molar-refractivity contribution in [1.82, 2.24) is 0 Å². The van der Waals surface area contributed by atoms with E-state index in [1.54, 1.807) is 18.2 Å². The number of rotatable bonds is 5. The maximum absolute atomic E-state index is 10.8. The predicted molar refractivity (Wildman–Crippen MR) is 75.5 cm³/mol. The summed E-state index contributed by atoms with van der Waals surface area (Å²) in [7, 11) is 0. The zero-order valence-electron chi connectivity index (χ0n) is 10.8. The Morgan fingerprint density at radius 1 is 1.42 bits per heavy atom. The second-order valence-electron chi connectivity index (χ2n) is 4.76. The van der Waals surface area contributed by atoms with E-state index in [0.29, 0.717) is 15.6 Å². The molecule has 1 atom stereocenters. The van der Waals surface area contributed by atoms with Gasteiger partial charge in [0, 0.05) is 6.42 Å². The van der Waals surface area contributed by atoms with E-state index in [4.69, 9.17) is 28.3 Å². The minimum absolute atomic E-state index is 0.0332. The lowest BCUT2D eigenvalue weighted by atomic mass is 9.70. The van der Waals surface area contributed by atoms with Gasteiger partial charge in [0.05, 0.1) is 21.5 Å². The van der Waals surface area contributed by atoms with Crippen LogP contribution in [-0.2, 0) is 10.2 Å². The van der Waals surface area contributed by atoms with Crippen molar-refractivity contribution in [3.8, 4) is 6.07 Å². The Morgan fingerprint density at radius 2 is 2.05 bits per heavy atom. The van der Waals surface area contributed by atoms with Gasteiger partial charge in [0.25, 0.3) is 0 Å². The first-order valence-corrected chi connectivity index (χ1v) is 6.67. The molecule has 0 bridgehead atoms. The van der Waals surface area contributed by atoms with Gasteiger partial charge in [-0.15, -0.1) is 0 Å². The molecule has 0 aliphatic rings. The highest BCUT2D eigenvalue weighted by molar-refractivity contribution is 6.42. The Hall–Kier alpha value is -1.24. The molecule has 0 heterocycles. The number of nitriles is 1. The number of halogens is 2. The first-order valence-electron chi connectivity index (χ1n) is 5.92. The number of hydrogen-bond acceptors (Lipinski definition) is 2. The standard InChI is InChI=1S/C14H15Cl2NO2/c1-9(2)14(8-17,6-5-13(18)19)10-3-4-11(15)12(16)7-10/h3-4,7,9H,5-6H2,1-2H3,(H,18,19). The monoisotopic (exact) mass is 299 g/mol. The van der Waals surface area contributed by atoms with E-state index in [1.165, 1.54) is 0 Å². The normalized spacial score (nSPS) is 13.9. The van der Waals surface area contributed by atoms with Crippen LogP contribution in [-0.4, -0.2) is 11.1 Å². The molecule has 19 heavy (non-hydrogen) atoms. The summed E-state index contributed by atoms with van der Waals surface area (Å²) in [4.78, 5) is 10.8. The van der Waals surface area contributed by atoms with Gasteiger partial charge in [0.2, 0.25) is 0 Å². The summed E-state index contributed by atoms with van der Waals surface area (Å²) < 4.78 is 0. The third kappa shape index (κ3) is 3.40. The van der Waals surface area contributed by atoms with Crippen LogP contribution in [0.4, 0.5) is 0 Å². The molecule has 0 spiro atoms. The van der Waals surface area contributed by atoms with E-state index < -0.39 is 11.4 Å². The third-order valence-electron chi connectivity index (χ3n) is 3.35. The first kappa shape index (κ1) is 15.8. The second-order valence-corrected chi connectivity index (χ2v) is 5.57. The van der Waals surface area contributed by atoms with Gasteiger partial charge in [-0.25, -0.2) is 0 Å². The molecule has 1 rings (SSSR count). The smallest absolute Gasteiger partial charge is 0.303 e. The molecule has 5 heteroatoms. The average molecular weight is 300 g/mol. The number of carbonyl (C=O) groups is 1. The van der Waals surface area contributed by atoms with E-state index in [2.05, 4.69) is 6.07 Å². The van der Waals surface area contributed by atoms with Crippen LogP contribution < -0.4 is 0 Å².